The molecule has 1 saturated heterocycles. The zero-order valence-corrected chi connectivity index (χ0v) is 18.4. The van der Waals surface area contributed by atoms with Gasteiger partial charge in [0.25, 0.3) is 0 Å². The van der Waals surface area contributed by atoms with Crippen LogP contribution in [-0.2, 0) is 11.3 Å². The van der Waals surface area contributed by atoms with Gasteiger partial charge in [-0.1, -0.05) is 6.07 Å². The summed E-state index contributed by atoms with van der Waals surface area (Å²) in [5.74, 6) is 0.375. The summed E-state index contributed by atoms with van der Waals surface area (Å²) in [5, 5.41) is 9.83. The maximum absolute atomic E-state index is 11.9. The summed E-state index contributed by atoms with van der Waals surface area (Å²) in [6.07, 6.45) is 5.50. The number of aromatic amines is 1. The predicted octanol–water partition coefficient (Wildman–Crippen LogP) is 2.78. The number of nitrogens with one attached hydrogen (secondary N) is 3. The maximum Gasteiger partial charge on any atom is 0.321 e. The summed E-state index contributed by atoms with van der Waals surface area (Å²) in [5.41, 5.74) is 5.32. The van der Waals surface area contributed by atoms with Gasteiger partial charge in [0.15, 0.2) is 0 Å². The summed E-state index contributed by atoms with van der Waals surface area (Å²) in [6.45, 7) is 6.61. The Morgan fingerprint density at radius 1 is 1.21 bits per heavy atom. The van der Waals surface area contributed by atoms with E-state index < -0.39 is 0 Å². The minimum absolute atomic E-state index is 0.308. The van der Waals surface area contributed by atoms with Crippen LogP contribution in [-0.4, -0.2) is 68.5 Å². The van der Waals surface area contributed by atoms with Gasteiger partial charge in [0.05, 0.1) is 35.6 Å². The first-order chi connectivity index (χ1) is 16.2. The first-order valence-electron chi connectivity index (χ1n) is 11.0. The van der Waals surface area contributed by atoms with Gasteiger partial charge in [-0.25, -0.2) is 14.5 Å². The third-order valence-corrected chi connectivity index (χ3v) is 5.54. The fraction of sp³-hybridized carbons (Fsp3) is 0.304. The van der Waals surface area contributed by atoms with Crippen LogP contribution in [0.25, 0.3) is 27.8 Å². The second-order valence-corrected chi connectivity index (χ2v) is 7.84. The number of hydrogen-bond donors (Lipinski definition) is 3. The van der Waals surface area contributed by atoms with Crippen molar-refractivity contribution in [3.05, 3.63) is 54.6 Å². The molecule has 0 aliphatic carbocycles. The average Bonchev–Trinajstić information content (AvgIpc) is 3.49. The van der Waals surface area contributed by atoms with E-state index in [2.05, 4.69) is 47.7 Å². The quantitative estimate of drug-likeness (QED) is 0.420. The van der Waals surface area contributed by atoms with Crippen LogP contribution in [0.2, 0.25) is 0 Å². The Bertz CT molecular complexity index is 1230. The molecule has 10 nitrogen and oxygen atoms in total. The highest BCUT2D eigenvalue weighted by molar-refractivity contribution is 5.94. The molecule has 1 fully saturated rings. The number of ether oxygens (including phenoxy) is 1. The van der Waals surface area contributed by atoms with E-state index in [1.54, 1.807) is 10.9 Å². The Balaban J connectivity index is 1.46. The van der Waals surface area contributed by atoms with E-state index in [9.17, 15) is 4.79 Å². The Kier molecular flexibility index (Phi) is 6.01. The van der Waals surface area contributed by atoms with Crippen LogP contribution in [0.15, 0.2) is 48.9 Å². The molecule has 0 unspecified atom stereocenters. The standard InChI is InChI=1S/C23H26N8O2/c1-2-24-23(32)29-22-27-19-12-17(13-20(21(19)28-22)31-7-3-6-26-31)16-4-5-18(25-14-16)15-30-8-10-33-11-9-30/h3-7,12-14H,2,8-11,15H2,1H3,(H3,24,27,28,29,32). The molecule has 0 spiro atoms. The van der Waals surface area contributed by atoms with E-state index in [1.807, 2.05) is 37.5 Å². The van der Waals surface area contributed by atoms with Gasteiger partial charge >= 0.3 is 6.03 Å². The lowest BCUT2D eigenvalue weighted by molar-refractivity contribution is 0.0336. The number of carbonyl (C=O) groups excluding carboxylic acids is 1. The van der Waals surface area contributed by atoms with Crippen molar-refractivity contribution in [2.75, 3.05) is 38.2 Å². The Hall–Kier alpha value is -3.76. The highest BCUT2D eigenvalue weighted by Crippen LogP contribution is 2.29. The molecule has 0 atom stereocenters. The van der Waals surface area contributed by atoms with Crippen LogP contribution in [0.5, 0.6) is 0 Å². The summed E-state index contributed by atoms with van der Waals surface area (Å²) < 4.78 is 7.20. The van der Waals surface area contributed by atoms with Crippen molar-refractivity contribution in [1.82, 2.24) is 34.9 Å². The zero-order chi connectivity index (χ0) is 22.6. The van der Waals surface area contributed by atoms with Gasteiger partial charge in [-0.2, -0.15) is 5.10 Å². The number of pyridine rings is 1. The molecule has 3 N–H and O–H groups in total. The summed E-state index contributed by atoms with van der Waals surface area (Å²) in [6, 6.07) is 9.73. The largest absolute Gasteiger partial charge is 0.379 e. The number of fused-ring (bicyclic) bond motifs is 1. The van der Waals surface area contributed by atoms with Gasteiger partial charge < -0.3 is 15.0 Å². The molecule has 2 amide bonds. The van der Waals surface area contributed by atoms with Gasteiger partial charge in [0.2, 0.25) is 5.95 Å². The number of H-pyrrole nitrogens is 1. The molecule has 170 valence electrons. The highest BCUT2D eigenvalue weighted by atomic mass is 16.5. The molecule has 0 saturated carbocycles. The number of imidazole rings is 1. The number of benzene rings is 1. The van der Waals surface area contributed by atoms with E-state index in [4.69, 9.17) is 4.74 Å². The molecule has 10 heteroatoms. The monoisotopic (exact) mass is 446 g/mol. The second-order valence-electron chi connectivity index (χ2n) is 7.84. The predicted molar refractivity (Wildman–Crippen MR) is 125 cm³/mol. The van der Waals surface area contributed by atoms with E-state index in [-0.39, 0.29) is 6.03 Å². The van der Waals surface area contributed by atoms with Crippen LogP contribution in [0.3, 0.4) is 0 Å². The van der Waals surface area contributed by atoms with Gasteiger partial charge in [-0.3, -0.25) is 15.2 Å². The maximum atomic E-state index is 11.9. The Labute approximate surface area is 191 Å². The zero-order valence-electron chi connectivity index (χ0n) is 18.4. The summed E-state index contributed by atoms with van der Waals surface area (Å²) in [4.78, 5) is 26.8. The third kappa shape index (κ3) is 4.71. The molecule has 0 bridgehead atoms. The van der Waals surface area contributed by atoms with Crippen molar-refractivity contribution in [2.45, 2.75) is 13.5 Å². The molecule has 5 rings (SSSR count). The molecular formula is C23H26N8O2. The second kappa shape index (κ2) is 9.39. The van der Waals surface area contributed by atoms with Crippen molar-refractivity contribution in [3.63, 3.8) is 0 Å². The number of nitrogens with zero attached hydrogens (tertiary/aromatic N) is 5. The molecule has 0 radical (unpaired) electrons. The fourth-order valence-corrected chi connectivity index (χ4v) is 3.90. The van der Waals surface area contributed by atoms with Gasteiger partial charge in [0.1, 0.15) is 0 Å². The van der Waals surface area contributed by atoms with Crippen LogP contribution >= 0.6 is 0 Å². The van der Waals surface area contributed by atoms with Crippen molar-refractivity contribution < 1.29 is 9.53 Å². The number of anilines is 1. The van der Waals surface area contributed by atoms with Gasteiger partial charge in [-0.15, -0.1) is 0 Å². The van der Waals surface area contributed by atoms with Crippen molar-refractivity contribution >= 4 is 23.0 Å². The van der Waals surface area contributed by atoms with Crippen LogP contribution in [0, 0.1) is 0 Å². The molecule has 4 aromatic rings. The van der Waals surface area contributed by atoms with Crippen LogP contribution in [0.1, 0.15) is 12.6 Å². The van der Waals surface area contributed by atoms with Crippen molar-refractivity contribution in [3.8, 4) is 16.8 Å². The number of morpholine rings is 1. The number of aromatic nitrogens is 5. The number of rotatable bonds is 6. The molecule has 4 heterocycles. The minimum Gasteiger partial charge on any atom is -0.379 e. The molecule has 1 aliphatic heterocycles. The number of urea groups is 1. The smallest absolute Gasteiger partial charge is 0.321 e. The molecule has 33 heavy (non-hydrogen) atoms. The Morgan fingerprint density at radius 2 is 2.09 bits per heavy atom. The third-order valence-electron chi connectivity index (χ3n) is 5.54. The number of hydrogen-bond acceptors (Lipinski definition) is 6. The molecular weight excluding hydrogens is 420 g/mol. The first kappa shape index (κ1) is 21.1. The van der Waals surface area contributed by atoms with Crippen molar-refractivity contribution in [2.24, 2.45) is 0 Å². The van der Waals surface area contributed by atoms with Gasteiger partial charge in [0, 0.05) is 50.3 Å². The number of carbonyl (C=O) groups is 1. The molecule has 1 aliphatic rings. The van der Waals surface area contributed by atoms with Crippen molar-refractivity contribution in [1.29, 1.82) is 0 Å². The fourth-order valence-electron chi connectivity index (χ4n) is 3.90. The van der Waals surface area contributed by atoms with Crippen LogP contribution < -0.4 is 10.6 Å². The van der Waals surface area contributed by atoms with Gasteiger partial charge in [-0.05, 0) is 36.8 Å². The SMILES string of the molecule is CCNC(=O)Nc1nc2cc(-c3ccc(CN4CCOCC4)nc3)cc(-n3cccn3)c2[nH]1. The normalized spacial score (nSPS) is 14.5. The topological polar surface area (TPSA) is 113 Å². The Morgan fingerprint density at radius 3 is 2.82 bits per heavy atom. The highest BCUT2D eigenvalue weighted by Gasteiger charge is 2.15. The molecule has 3 aromatic heterocycles. The summed E-state index contributed by atoms with van der Waals surface area (Å²) >= 11 is 0. The van der Waals surface area contributed by atoms with Crippen LogP contribution in [0.4, 0.5) is 10.7 Å². The minimum atomic E-state index is -0.308. The lowest BCUT2D eigenvalue weighted by Gasteiger charge is -2.26. The lowest BCUT2D eigenvalue weighted by atomic mass is 10.1. The van der Waals surface area contributed by atoms with E-state index in [0.717, 1.165) is 66.4 Å². The lowest BCUT2D eigenvalue weighted by Crippen LogP contribution is -2.35. The number of amides is 2. The summed E-state index contributed by atoms with van der Waals surface area (Å²) in [7, 11) is 0. The van der Waals surface area contributed by atoms with E-state index in [0.29, 0.717) is 12.5 Å². The van der Waals surface area contributed by atoms with E-state index in [1.165, 1.54) is 0 Å². The molecule has 1 aromatic carbocycles. The first-order valence-corrected chi connectivity index (χ1v) is 11.0. The average molecular weight is 447 g/mol. The van der Waals surface area contributed by atoms with E-state index >= 15 is 0 Å².